The van der Waals surface area contributed by atoms with Gasteiger partial charge in [0.05, 0.1) is 17.8 Å². The summed E-state index contributed by atoms with van der Waals surface area (Å²) in [6, 6.07) is 13.8. The minimum Gasteiger partial charge on any atom is -0.460 e. The molecule has 0 radical (unpaired) electrons. The molecule has 0 saturated carbocycles. The number of fused-ring (bicyclic) bond motifs is 1. The SMILES string of the molecule is O=C(Cc1csc(-c2ccccn2)n1)OCc1csc2ccccc12. The summed E-state index contributed by atoms with van der Waals surface area (Å²) >= 11 is 3.14. The number of rotatable bonds is 5. The summed E-state index contributed by atoms with van der Waals surface area (Å²) in [6.45, 7) is 0.292. The number of hydrogen-bond donors (Lipinski definition) is 0. The molecule has 1 aromatic carbocycles. The number of ether oxygens (including phenoxy) is 1. The van der Waals surface area contributed by atoms with Crippen LogP contribution in [0, 0.1) is 0 Å². The highest BCUT2D eigenvalue weighted by molar-refractivity contribution is 7.17. The average molecular weight is 366 g/mol. The maximum Gasteiger partial charge on any atom is 0.312 e. The third kappa shape index (κ3) is 3.60. The van der Waals surface area contributed by atoms with Crippen LogP contribution in [0.25, 0.3) is 20.8 Å². The van der Waals surface area contributed by atoms with E-state index in [0.29, 0.717) is 12.3 Å². The molecule has 0 fully saturated rings. The van der Waals surface area contributed by atoms with Crippen LogP contribution in [-0.4, -0.2) is 15.9 Å². The molecular weight excluding hydrogens is 352 g/mol. The smallest absolute Gasteiger partial charge is 0.312 e. The monoisotopic (exact) mass is 366 g/mol. The lowest BCUT2D eigenvalue weighted by atomic mass is 10.2. The molecule has 0 atom stereocenters. The molecule has 0 aliphatic carbocycles. The molecule has 3 aromatic heterocycles. The molecule has 0 aliphatic heterocycles. The van der Waals surface area contributed by atoms with E-state index in [1.165, 1.54) is 16.0 Å². The van der Waals surface area contributed by atoms with E-state index in [-0.39, 0.29) is 12.4 Å². The molecule has 0 spiro atoms. The van der Waals surface area contributed by atoms with E-state index in [0.717, 1.165) is 21.7 Å². The van der Waals surface area contributed by atoms with Gasteiger partial charge in [-0.1, -0.05) is 24.3 Å². The van der Waals surface area contributed by atoms with E-state index in [9.17, 15) is 4.79 Å². The van der Waals surface area contributed by atoms with Crippen molar-refractivity contribution in [2.45, 2.75) is 13.0 Å². The van der Waals surface area contributed by atoms with Crippen LogP contribution in [0.5, 0.6) is 0 Å². The first kappa shape index (κ1) is 15.9. The van der Waals surface area contributed by atoms with Crippen molar-refractivity contribution >= 4 is 38.7 Å². The second-order valence-electron chi connectivity index (χ2n) is 5.45. The van der Waals surface area contributed by atoms with Crippen molar-refractivity contribution in [3.05, 3.63) is 70.7 Å². The maximum absolute atomic E-state index is 12.1. The summed E-state index contributed by atoms with van der Waals surface area (Å²) in [4.78, 5) is 20.9. The molecule has 0 N–H and O–H groups in total. The van der Waals surface area contributed by atoms with Crippen molar-refractivity contribution < 1.29 is 9.53 Å². The van der Waals surface area contributed by atoms with Crippen LogP contribution >= 0.6 is 22.7 Å². The average Bonchev–Trinajstić information content (AvgIpc) is 3.28. The fourth-order valence-corrected chi connectivity index (χ4v) is 4.24. The zero-order chi connectivity index (χ0) is 17.1. The zero-order valence-corrected chi connectivity index (χ0v) is 14.8. The molecule has 0 aliphatic rings. The third-order valence-corrected chi connectivity index (χ3v) is 5.64. The molecule has 0 unspecified atom stereocenters. The maximum atomic E-state index is 12.1. The summed E-state index contributed by atoms with van der Waals surface area (Å²) in [5, 5.41) is 5.88. The molecule has 4 nitrogen and oxygen atoms in total. The Morgan fingerprint density at radius 3 is 2.80 bits per heavy atom. The molecule has 4 aromatic rings. The number of aromatic nitrogens is 2. The van der Waals surface area contributed by atoms with Gasteiger partial charge in [0.15, 0.2) is 0 Å². The van der Waals surface area contributed by atoms with E-state index in [2.05, 4.69) is 22.1 Å². The number of hydrogen-bond acceptors (Lipinski definition) is 6. The van der Waals surface area contributed by atoms with Gasteiger partial charge in [-0.2, -0.15) is 0 Å². The normalized spacial score (nSPS) is 10.9. The molecule has 0 saturated heterocycles. The Morgan fingerprint density at radius 2 is 1.92 bits per heavy atom. The summed E-state index contributed by atoms with van der Waals surface area (Å²) in [7, 11) is 0. The minimum atomic E-state index is -0.270. The van der Waals surface area contributed by atoms with E-state index in [1.807, 2.05) is 41.1 Å². The summed E-state index contributed by atoms with van der Waals surface area (Å²) in [6.07, 6.45) is 1.90. The van der Waals surface area contributed by atoms with Gasteiger partial charge in [0.2, 0.25) is 0 Å². The van der Waals surface area contributed by atoms with Crippen molar-refractivity contribution in [2.75, 3.05) is 0 Å². The Labute approximate surface area is 152 Å². The van der Waals surface area contributed by atoms with Crippen LogP contribution in [0.1, 0.15) is 11.3 Å². The van der Waals surface area contributed by atoms with Crippen molar-refractivity contribution in [3.63, 3.8) is 0 Å². The first-order valence-electron chi connectivity index (χ1n) is 7.76. The van der Waals surface area contributed by atoms with Gasteiger partial charge in [-0.15, -0.1) is 22.7 Å². The highest BCUT2D eigenvalue weighted by Gasteiger charge is 2.12. The number of esters is 1. The molecule has 4 rings (SSSR count). The second kappa shape index (κ2) is 7.13. The van der Waals surface area contributed by atoms with Crippen LogP contribution in [-0.2, 0) is 22.6 Å². The van der Waals surface area contributed by atoms with Crippen molar-refractivity contribution in [1.82, 2.24) is 9.97 Å². The van der Waals surface area contributed by atoms with Gasteiger partial charge in [0.25, 0.3) is 0 Å². The van der Waals surface area contributed by atoms with Crippen LogP contribution in [0.3, 0.4) is 0 Å². The summed E-state index contributed by atoms with van der Waals surface area (Å²) in [5.74, 6) is -0.270. The summed E-state index contributed by atoms with van der Waals surface area (Å²) in [5.41, 5.74) is 2.57. The van der Waals surface area contributed by atoms with Crippen LogP contribution in [0.4, 0.5) is 0 Å². The number of pyridine rings is 1. The van der Waals surface area contributed by atoms with Gasteiger partial charge in [0.1, 0.15) is 11.6 Å². The highest BCUT2D eigenvalue weighted by Crippen LogP contribution is 2.26. The van der Waals surface area contributed by atoms with E-state index in [4.69, 9.17) is 4.74 Å². The number of thiazole rings is 1. The van der Waals surface area contributed by atoms with Crippen LogP contribution in [0.15, 0.2) is 59.4 Å². The van der Waals surface area contributed by atoms with E-state index in [1.54, 1.807) is 17.5 Å². The van der Waals surface area contributed by atoms with Gasteiger partial charge in [-0.25, -0.2) is 4.98 Å². The van der Waals surface area contributed by atoms with Crippen molar-refractivity contribution in [2.24, 2.45) is 0 Å². The fraction of sp³-hybridized carbons (Fsp3) is 0.105. The summed E-state index contributed by atoms with van der Waals surface area (Å²) < 4.78 is 6.63. The molecule has 124 valence electrons. The van der Waals surface area contributed by atoms with Crippen LogP contribution < -0.4 is 0 Å². The van der Waals surface area contributed by atoms with Gasteiger partial charge >= 0.3 is 5.97 Å². The van der Waals surface area contributed by atoms with Gasteiger partial charge in [-0.05, 0) is 29.0 Å². The highest BCUT2D eigenvalue weighted by atomic mass is 32.1. The first-order valence-corrected chi connectivity index (χ1v) is 9.52. The standard InChI is InChI=1S/C19H14N2O2S2/c22-18(23-10-13-11-24-17-7-2-1-5-15(13)17)9-14-12-25-19(21-14)16-6-3-4-8-20-16/h1-8,11-12H,9-10H2. The molecule has 0 bridgehead atoms. The van der Waals surface area contributed by atoms with Crippen molar-refractivity contribution in [3.8, 4) is 10.7 Å². The fourth-order valence-electron chi connectivity index (χ4n) is 2.50. The number of carbonyl (C=O) groups is 1. The molecule has 3 heterocycles. The number of thiophene rings is 1. The van der Waals surface area contributed by atoms with E-state index >= 15 is 0 Å². The molecule has 0 amide bonds. The molecule has 25 heavy (non-hydrogen) atoms. The lowest BCUT2D eigenvalue weighted by Gasteiger charge is -2.03. The van der Waals surface area contributed by atoms with Crippen LogP contribution in [0.2, 0.25) is 0 Å². The lowest BCUT2D eigenvalue weighted by molar-refractivity contribution is -0.144. The van der Waals surface area contributed by atoms with Gasteiger partial charge in [-0.3, -0.25) is 9.78 Å². The van der Waals surface area contributed by atoms with Gasteiger partial charge in [0, 0.05) is 21.8 Å². The second-order valence-corrected chi connectivity index (χ2v) is 7.22. The Bertz CT molecular complexity index is 1010. The third-order valence-electron chi connectivity index (χ3n) is 3.71. The Balaban J connectivity index is 1.39. The van der Waals surface area contributed by atoms with Crippen molar-refractivity contribution in [1.29, 1.82) is 0 Å². The predicted octanol–water partition coefficient (Wildman–Crippen LogP) is 4.71. The largest absolute Gasteiger partial charge is 0.460 e. The lowest BCUT2D eigenvalue weighted by Crippen LogP contribution is -2.08. The quantitative estimate of drug-likeness (QED) is 0.480. The Hall–Kier alpha value is -2.57. The van der Waals surface area contributed by atoms with Gasteiger partial charge < -0.3 is 4.74 Å². The Morgan fingerprint density at radius 1 is 1.04 bits per heavy atom. The Kier molecular flexibility index (Phi) is 4.54. The predicted molar refractivity (Wildman–Crippen MR) is 101 cm³/mol. The topological polar surface area (TPSA) is 52.1 Å². The number of nitrogens with zero attached hydrogens (tertiary/aromatic N) is 2. The molecular formula is C19H14N2O2S2. The first-order chi connectivity index (χ1) is 12.3. The van der Waals surface area contributed by atoms with E-state index < -0.39 is 0 Å². The number of carbonyl (C=O) groups excluding carboxylic acids is 1. The minimum absolute atomic E-state index is 0.172. The zero-order valence-electron chi connectivity index (χ0n) is 13.2. The molecule has 6 heteroatoms. The number of benzene rings is 1.